The van der Waals surface area contributed by atoms with Crippen LogP contribution in [0, 0.1) is 10.1 Å². The fourth-order valence-electron chi connectivity index (χ4n) is 2.20. The lowest BCUT2D eigenvalue weighted by atomic mass is 10.1. The number of ether oxygens (including phenoxy) is 1. The van der Waals surface area contributed by atoms with Crippen LogP contribution in [0.2, 0.25) is 0 Å². The number of hydrogen-bond donors (Lipinski definition) is 1. The number of nitrogens with one attached hydrogen (secondary N) is 1. The lowest BCUT2D eigenvalue weighted by Crippen LogP contribution is -2.31. The van der Waals surface area contributed by atoms with Crippen molar-refractivity contribution in [1.82, 2.24) is 5.32 Å². The van der Waals surface area contributed by atoms with Crippen molar-refractivity contribution in [3.05, 3.63) is 74.2 Å². The summed E-state index contributed by atoms with van der Waals surface area (Å²) in [7, 11) is 0. The minimum Gasteiger partial charge on any atom is -0.452 e. The molecule has 0 fully saturated rings. The van der Waals surface area contributed by atoms with Gasteiger partial charge < -0.3 is 10.1 Å². The maximum Gasteiger partial charge on any atom is 0.345 e. The first-order valence-electron chi connectivity index (χ1n) is 7.34. The van der Waals surface area contributed by atoms with Crippen LogP contribution in [0.3, 0.4) is 0 Å². The van der Waals surface area contributed by atoms with E-state index >= 15 is 0 Å². The Morgan fingerprint density at radius 3 is 2.52 bits per heavy atom. The second-order valence-electron chi connectivity index (χ2n) is 5.16. The highest BCUT2D eigenvalue weighted by molar-refractivity contribution is 9.10. The maximum atomic E-state index is 12.0. The molecular formula is C17H15BrN2O5. The minimum atomic E-state index is -0.920. The lowest BCUT2D eigenvalue weighted by Gasteiger charge is -2.15. The average Bonchev–Trinajstić information content (AvgIpc) is 2.59. The van der Waals surface area contributed by atoms with Crippen molar-refractivity contribution >= 4 is 33.5 Å². The fourth-order valence-corrected chi connectivity index (χ4v) is 2.83. The van der Waals surface area contributed by atoms with Crippen molar-refractivity contribution in [3.8, 4) is 0 Å². The Hall–Kier alpha value is -2.74. The SMILES string of the molecule is C[C@@H](NC(=O)COC(=O)c1ccccc1[N+](=O)[O-])c1ccccc1Br. The fraction of sp³-hybridized carbons (Fsp3) is 0.176. The number of nitro groups is 1. The summed E-state index contributed by atoms with van der Waals surface area (Å²) in [4.78, 5) is 34.2. The zero-order valence-electron chi connectivity index (χ0n) is 13.3. The molecule has 130 valence electrons. The molecule has 0 aliphatic carbocycles. The van der Waals surface area contributed by atoms with Gasteiger partial charge in [-0.25, -0.2) is 4.79 Å². The zero-order chi connectivity index (χ0) is 18.4. The maximum absolute atomic E-state index is 12.0. The average molecular weight is 407 g/mol. The van der Waals surface area contributed by atoms with E-state index in [0.717, 1.165) is 10.0 Å². The molecule has 0 heterocycles. The summed E-state index contributed by atoms with van der Waals surface area (Å²) in [5.41, 5.74) is 0.314. The second-order valence-corrected chi connectivity index (χ2v) is 6.02. The Morgan fingerprint density at radius 2 is 1.84 bits per heavy atom. The predicted octanol–water partition coefficient (Wildman–Crippen LogP) is 3.39. The Labute approximate surface area is 152 Å². The molecule has 0 saturated heterocycles. The Morgan fingerprint density at radius 1 is 1.20 bits per heavy atom. The van der Waals surface area contributed by atoms with E-state index in [2.05, 4.69) is 21.2 Å². The summed E-state index contributed by atoms with van der Waals surface area (Å²) in [6, 6.07) is 12.5. The van der Waals surface area contributed by atoms with E-state index in [1.807, 2.05) is 24.3 Å². The Kier molecular flexibility index (Phi) is 6.24. The van der Waals surface area contributed by atoms with E-state index in [9.17, 15) is 19.7 Å². The zero-order valence-corrected chi connectivity index (χ0v) is 14.9. The highest BCUT2D eigenvalue weighted by Gasteiger charge is 2.21. The molecule has 0 spiro atoms. The van der Waals surface area contributed by atoms with Crippen molar-refractivity contribution in [2.45, 2.75) is 13.0 Å². The van der Waals surface area contributed by atoms with Gasteiger partial charge in [-0.3, -0.25) is 14.9 Å². The van der Waals surface area contributed by atoms with Gasteiger partial charge in [0.15, 0.2) is 6.61 Å². The number of halogens is 1. The van der Waals surface area contributed by atoms with Gasteiger partial charge in [0, 0.05) is 10.5 Å². The first-order chi connectivity index (χ1) is 11.9. The number of amides is 1. The van der Waals surface area contributed by atoms with Gasteiger partial charge in [0.1, 0.15) is 5.56 Å². The summed E-state index contributed by atoms with van der Waals surface area (Å²) < 4.78 is 5.73. The van der Waals surface area contributed by atoms with Crippen LogP contribution in [-0.4, -0.2) is 23.4 Å². The van der Waals surface area contributed by atoms with Gasteiger partial charge in [-0.1, -0.05) is 46.3 Å². The highest BCUT2D eigenvalue weighted by atomic mass is 79.9. The lowest BCUT2D eigenvalue weighted by molar-refractivity contribution is -0.385. The number of nitro benzene ring substituents is 1. The summed E-state index contributed by atoms with van der Waals surface area (Å²) in [6.07, 6.45) is 0. The van der Waals surface area contributed by atoms with E-state index in [-0.39, 0.29) is 17.3 Å². The molecule has 0 aromatic heterocycles. The monoisotopic (exact) mass is 406 g/mol. The quantitative estimate of drug-likeness (QED) is 0.450. The molecule has 0 saturated carbocycles. The number of carbonyl (C=O) groups excluding carboxylic acids is 2. The molecule has 25 heavy (non-hydrogen) atoms. The Bertz CT molecular complexity index is 809. The van der Waals surface area contributed by atoms with Gasteiger partial charge in [0.05, 0.1) is 11.0 Å². The molecule has 0 unspecified atom stereocenters. The molecule has 0 aliphatic heterocycles. The second kappa shape index (κ2) is 8.39. The van der Waals surface area contributed by atoms with E-state index < -0.39 is 23.4 Å². The van der Waals surface area contributed by atoms with Gasteiger partial charge in [0.2, 0.25) is 0 Å². The van der Waals surface area contributed by atoms with Crippen molar-refractivity contribution in [3.63, 3.8) is 0 Å². The molecule has 8 heteroatoms. The molecule has 1 atom stereocenters. The first kappa shape index (κ1) is 18.6. The number of rotatable bonds is 6. The molecule has 0 radical (unpaired) electrons. The number of nitrogens with zero attached hydrogens (tertiary/aromatic N) is 1. The minimum absolute atomic E-state index is 0.195. The van der Waals surface area contributed by atoms with Crippen LogP contribution in [0.1, 0.15) is 28.9 Å². The van der Waals surface area contributed by atoms with Crippen molar-refractivity contribution in [2.24, 2.45) is 0 Å². The number of hydrogen-bond acceptors (Lipinski definition) is 5. The molecule has 2 rings (SSSR count). The Balaban J connectivity index is 1.95. The molecule has 2 aromatic carbocycles. The number of benzene rings is 2. The molecular weight excluding hydrogens is 392 g/mol. The molecule has 0 aliphatic rings. The third kappa shape index (κ3) is 4.87. The summed E-state index contributed by atoms with van der Waals surface area (Å²) in [5, 5.41) is 13.6. The summed E-state index contributed by atoms with van der Waals surface area (Å²) in [5.74, 6) is -1.42. The van der Waals surface area contributed by atoms with Crippen LogP contribution in [0.4, 0.5) is 5.69 Å². The molecule has 1 N–H and O–H groups in total. The van der Waals surface area contributed by atoms with Gasteiger partial charge in [-0.15, -0.1) is 0 Å². The van der Waals surface area contributed by atoms with Gasteiger partial charge in [-0.05, 0) is 24.6 Å². The molecule has 7 nitrogen and oxygen atoms in total. The van der Waals surface area contributed by atoms with E-state index in [1.54, 1.807) is 6.92 Å². The van der Waals surface area contributed by atoms with Crippen molar-refractivity contribution < 1.29 is 19.2 Å². The summed E-state index contributed by atoms with van der Waals surface area (Å²) >= 11 is 3.40. The smallest absolute Gasteiger partial charge is 0.345 e. The normalized spacial score (nSPS) is 11.4. The third-order valence-electron chi connectivity index (χ3n) is 3.40. The topological polar surface area (TPSA) is 98.5 Å². The highest BCUT2D eigenvalue weighted by Crippen LogP contribution is 2.22. The number of carbonyl (C=O) groups is 2. The van der Waals surface area contributed by atoms with Crippen LogP contribution in [0.25, 0.3) is 0 Å². The predicted molar refractivity (Wildman–Crippen MR) is 94.1 cm³/mol. The van der Waals surface area contributed by atoms with E-state index in [4.69, 9.17) is 4.74 Å². The largest absolute Gasteiger partial charge is 0.452 e. The van der Waals surface area contributed by atoms with Crippen molar-refractivity contribution in [2.75, 3.05) is 6.61 Å². The first-order valence-corrected chi connectivity index (χ1v) is 8.13. The molecule has 0 bridgehead atoms. The van der Waals surface area contributed by atoms with E-state index in [0.29, 0.717) is 0 Å². The number of para-hydroxylation sites is 1. The van der Waals surface area contributed by atoms with Crippen LogP contribution >= 0.6 is 15.9 Å². The van der Waals surface area contributed by atoms with Crippen LogP contribution < -0.4 is 5.32 Å². The summed E-state index contributed by atoms with van der Waals surface area (Å²) in [6.45, 7) is 1.27. The molecule has 1 amide bonds. The van der Waals surface area contributed by atoms with Gasteiger partial charge >= 0.3 is 5.97 Å². The molecule has 2 aromatic rings. The standard InChI is InChI=1S/C17H15BrN2O5/c1-11(12-6-2-4-8-14(12)18)19-16(21)10-25-17(22)13-7-3-5-9-15(13)20(23)24/h2-9,11H,10H2,1H3,(H,19,21)/t11-/m1/s1. The van der Waals surface area contributed by atoms with E-state index in [1.165, 1.54) is 24.3 Å². The van der Waals surface area contributed by atoms with Crippen LogP contribution in [-0.2, 0) is 9.53 Å². The van der Waals surface area contributed by atoms with Crippen molar-refractivity contribution in [1.29, 1.82) is 0 Å². The van der Waals surface area contributed by atoms with Gasteiger partial charge in [-0.2, -0.15) is 0 Å². The van der Waals surface area contributed by atoms with Crippen LogP contribution in [0.15, 0.2) is 53.0 Å². The van der Waals surface area contributed by atoms with Crippen LogP contribution in [0.5, 0.6) is 0 Å². The third-order valence-corrected chi connectivity index (χ3v) is 4.13. The van der Waals surface area contributed by atoms with Gasteiger partial charge in [0.25, 0.3) is 11.6 Å². The number of esters is 1.